The molecule has 3 rings (SSSR count). The number of tetrazole rings is 1. The summed E-state index contributed by atoms with van der Waals surface area (Å²) in [5.74, 6) is -0.406. The molecule has 138 valence electrons. The third-order valence-corrected chi connectivity index (χ3v) is 4.48. The summed E-state index contributed by atoms with van der Waals surface area (Å²) < 4.78 is 7.01. The van der Waals surface area contributed by atoms with Gasteiger partial charge < -0.3 is 9.64 Å². The molecule has 1 aliphatic heterocycles. The van der Waals surface area contributed by atoms with E-state index in [-0.39, 0.29) is 18.9 Å². The molecule has 0 saturated carbocycles. The number of anilines is 1. The SMILES string of the molecule is CCCCn1nnnc1COC(=O)C1CC(=O)N(c2ccc(C)cc2)C1. The van der Waals surface area contributed by atoms with E-state index in [1.54, 1.807) is 9.58 Å². The Bertz CT molecular complexity index is 771. The molecule has 26 heavy (non-hydrogen) atoms. The van der Waals surface area contributed by atoms with Gasteiger partial charge in [-0.05, 0) is 35.9 Å². The fourth-order valence-corrected chi connectivity index (χ4v) is 2.90. The molecule has 1 unspecified atom stereocenters. The largest absolute Gasteiger partial charge is 0.457 e. The van der Waals surface area contributed by atoms with E-state index in [1.165, 1.54) is 0 Å². The van der Waals surface area contributed by atoms with Gasteiger partial charge in [-0.3, -0.25) is 9.59 Å². The van der Waals surface area contributed by atoms with Crippen LogP contribution in [0.2, 0.25) is 0 Å². The van der Waals surface area contributed by atoms with Crippen molar-refractivity contribution in [2.75, 3.05) is 11.4 Å². The van der Waals surface area contributed by atoms with Crippen molar-refractivity contribution < 1.29 is 14.3 Å². The molecule has 1 aliphatic rings. The second-order valence-corrected chi connectivity index (χ2v) is 6.52. The van der Waals surface area contributed by atoms with Crippen LogP contribution in [0.5, 0.6) is 0 Å². The zero-order valence-corrected chi connectivity index (χ0v) is 15.1. The topological polar surface area (TPSA) is 90.2 Å². The molecule has 2 heterocycles. The van der Waals surface area contributed by atoms with Gasteiger partial charge in [-0.15, -0.1) is 5.10 Å². The highest BCUT2D eigenvalue weighted by atomic mass is 16.5. The van der Waals surface area contributed by atoms with Gasteiger partial charge in [-0.25, -0.2) is 4.68 Å². The summed E-state index contributed by atoms with van der Waals surface area (Å²) >= 11 is 0. The number of aromatic nitrogens is 4. The Morgan fingerprint density at radius 2 is 2.08 bits per heavy atom. The number of aryl methyl sites for hydroxylation is 2. The van der Waals surface area contributed by atoms with Crippen LogP contribution >= 0.6 is 0 Å². The van der Waals surface area contributed by atoms with Crippen molar-refractivity contribution in [3.63, 3.8) is 0 Å². The van der Waals surface area contributed by atoms with Crippen molar-refractivity contribution in [2.24, 2.45) is 5.92 Å². The average molecular weight is 357 g/mol. The number of amides is 1. The van der Waals surface area contributed by atoms with Crippen molar-refractivity contribution in [1.82, 2.24) is 20.2 Å². The molecule has 8 heteroatoms. The molecule has 0 spiro atoms. The summed E-state index contributed by atoms with van der Waals surface area (Å²) in [6.07, 6.45) is 2.14. The Labute approximate surface area is 152 Å². The van der Waals surface area contributed by atoms with Crippen molar-refractivity contribution in [3.05, 3.63) is 35.7 Å². The van der Waals surface area contributed by atoms with Crippen molar-refractivity contribution in [1.29, 1.82) is 0 Å². The minimum Gasteiger partial charge on any atom is -0.457 e. The number of nitrogens with zero attached hydrogens (tertiary/aromatic N) is 5. The maximum atomic E-state index is 12.4. The highest BCUT2D eigenvalue weighted by Crippen LogP contribution is 2.26. The fraction of sp³-hybridized carbons (Fsp3) is 0.500. The molecule has 1 fully saturated rings. The molecular formula is C18H23N5O3. The minimum absolute atomic E-state index is 0.0186. The molecule has 1 saturated heterocycles. The lowest BCUT2D eigenvalue weighted by molar-refractivity contribution is -0.150. The van der Waals surface area contributed by atoms with Crippen LogP contribution in [-0.2, 0) is 27.5 Å². The summed E-state index contributed by atoms with van der Waals surface area (Å²) in [4.78, 5) is 26.3. The lowest BCUT2D eigenvalue weighted by Gasteiger charge is -2.16. The monoisotopic (exact) mass is 357 g/mol. The summed E-state index contributed by atoms with van der Waals surface area (Å²) in [5, 5.41) is 11.4. The maximum Gasteiger partial charge on any atom is 0.311 e. The highest BCUT2D eigenvalue weighted by molar-refractivity contribution is 5.99. The Balaban J connectivity index is 1.57. The van der Waals surface area contributed by atoms with Gasteiger partial charge in [-0.2, -0.15) is 0 Å². The van der Waals surface area contributed by atoms with Gasteiger partial charge in [0.05, 0.1) is 5.92 Å². The smallest absolute Gasteiger partial charge is 0.311 e. The number of carbonyl (C=O) groups excluding carboxylic acids is 2. The number of hydrogen-bond acceptors (Lipinski definition) is 6. The Morgan fingerprint density at radius 3 is 2.81 bits per heavy atom. The second-order valence-electron chi connectivity index (χ2n) is 6.52. The lowest BCUT2D eigenvalue weighted by atomic mass is 10.1. The van der Waals surface area contributed by atoms with E-state index in [4.69, 9.17) is 4.74 Å². The van der Waals surface area contributed by atoms with E-state index in [2.05, 4.69) is 22.4 Å². The molecule has 0 radical (unpaired) electrons. The quantitative estimate of drug-likeness (QED) is 0.703. The maximum absolute atomic E-state index is 12.4. The van der Waals surface area contributed by atoms with Gasteiger partial charge in [0.15, 0.2) is 12.4 Å². The van der Waals surface area contributed by atoms with Crippen LogP contribution in [0.3, 0.4) is 0 Å². The number of rotatable bonds is 7. The first-order valence-electron chi connectivity index (χ1n) is 8.87. The van der Waals surface area contributed by atoms with Gasteiger partial charge in [0.2, 0.25) is 5.91 Å². The van der Waals surface area contributed by atoms with E-state index in [1.807, 2.05) is 31.2 Å². The number of carbonyl (C=O) groups is 2. The molecule has 8 nitrogen and oxygen atoms in total. The zero-order chi connectivity index (χ0) is 18.5. The number of ether oxygens (including phenoxy) is 1. The Hall–Kier alpha value is -2.77. The number of hydrogen-bond donors (Lipinski definition) is 0. The lowest BCUT2D eigenvalue weighted by Crippen LogP contribution is -2.26. The fourth-order valence-electron chi connectivity index (χ4n) is 2.90. The molecule has 2 aromatic rings. The highest BCUT2D eigenvalue weighted by Gasteiger charge is 2.36. The minimum atomic E-state index is -0.469. The van der Waals surface area contributed by atoms with Crippen molar-refractivity contribution in [3.8, 4) is 0 Å². The molecule has 1 aromatic heterocycles. The predicted octanol–water partition coefficient (Wildman–Crippen LogP) is 1.88. The molecule has 1 aromatic carbocycles. The predicted molar refractivity (Wildman–Crippen MR) is 94.2 cm³/mol. The van der Waals surface area contributed by atoms with Crippen LogP contribution in [0.4, 0.5) is 5.69 Å². The van der Waals surface area contributed by atoms with Gasteiger partial charge in [0, 0.05) is 25.2 Å². The van der Waals surface area contributed by atoms with Crippen molar-refractivity contribution >= 4 is 17.6 Å². The third kappa shape index (κ3) is 4.07. The van der Waals surface area contributed by atoms with Crippen LogP contribution < -0.4 is 4.90 Å². The number of unbranched alkanes of at least 4 members (excludes halogenated alkanes) is 1. The number of esters is 1. The molecule has 0 N–H and O–H groups in total. The van der Waals surface area contributed by atoms with Gasteiger partial charge in [0.1, 0.15) is 0 Å². The first-order chi connectivity index (χ1) is 12.6. The van der Waals surface area contributed by atoms with Gasteiger partial charge in [-0.1, -0.05) is 31.0 Å². The van der Waals surface area contributed by atoms with E-state index < -0.39 is 11.9 Å². The standard InChI is InChI=1S/C18H23N5O3/c1-3-4-9-23-16(19-20-21-23)12-26-18(25)14-10-17(24)22(11-14)15-7-5-13(2)6-8-15/h5-8,14H,3-4,9-12H2,1-2H3. The summed E-state index contributed by atoms with van der Waals surface area (Å²) in [7, 11) is 0. The van der Waals surface area contributed by atoms with Crippen LogP contribution in [0.15, 0.2) is 24.3 Å². The molecular weight excluding hydrogens is 334 g/mol. The van der Waals surface area contributed by atoms with Crippen LogP contribution in [0.25, 0.3) is 0 Å². The average Bonchev–Trinajstić information content (AvgIpc) is 3.25. The Morgan fingerprint density at radius 1 is 1.31 bits per heavy atom. The molecule has 0 bridgehead atoms. The number of benzene rings is 1. The summed E-state index contributed by atoms with van der Waals surface area (Å²) in [6.45, 7) is 5.12. The third-order valence-electron chi connectivity index (χ3n) is 4.48. The van der Waals surface area contributed by atoms with Crippen molar-refractivity contribution in [2.45, 2.75) is 46.3 Å². The normalized spacial score (nSPS) is 16.9. The van der Waals surface area contributed by atoms with Gasteiger partial charge >= 0.3 is 5.97 Å². The zero-order valence-electron chi connectivity index (χ0n) is 15.1. The van der Waals surface area contributed by atoms with E-state index in [9.17, 15) is 9.59 Å². The van der Waals surface area contributed by atoms with E-state index >= 15 is 0 Å². The molecule has 1 atom stereocenters. The van der Waals surface area contributed by atoms with Crippen LogP contribution in [0.1, 0.15) is 37.6 Å². The molecule has 0 aliphatic carbocycles. The van der Waals surface area contributed by atoms with Crippen LogP contribution in [0, 0.1) is 12.8 Å². The van der Waals surface area contributed by atoms with Gasteiger partial charge in [0.25, 0.3) is 0 Å². The second kappa shape index (κ2) is 8.07. The van der Waals surface area contributed by atoms with E-state index in [0.29, 0.717) is 18.9 Å². The van der Waals surface area contributed by atoms with Crippen LogP contribution in [-0.4, -0.2) is 38.6 Å². The summed E-state index contributed by atoms with van der Waals surface area (Å²) in [6, 6.07) is 7.68. The van der Waals surface area contributed by atoms with E-state index in [0.717, 1.165) is 24.1 Å². The molecule has 1 amide bonds. The summed E-state index contributed by atoms with van der Waals surface area (Å²) in [5.41, 5.74) is 1.93. The Kier molecular flexibility index (Phi) is 5.60. The first kappa shape index (κ1) is 18.0. The first-order valence-corrected chi connectivity index (χ1v) is 8.87.